The van der Waals surface area contributed by atoms with Gasteiger partial charge >= 0.3 is 0 Å². The lowest BCUT2D eigenvalue weighted by Gasteiger charge is -2.34. The summed E-state index contributed by atoms with van der Waals surface area (Å²) in [7, 11) is 0.0867. The van der Waals surface area contributed by atoms with Crippen LogP contribution in [0, 0.1) is 4.91 Å². The van der Waals surface area contributed by atoms with E-state index in [1.54, 1.807) is 0 Å². The van der Waals surface area contributed by atoms with E-state index >= 15 is 0 Å². The number of carbonyl (C=O) groups is 2. The van der Waals surface area contributed by atoms with Crippen LogP contribution in [0.4, 0.5) is 11.4 Å². The second-order valence-corrected chi connectivity index (χ2v) is 14.3. The molecule has 0 saturated carbocycles. The van der Waals surface area contributed by atoms with Gasteiger partial charge in [-0.1, -0.05) is 19.6 Å². The largest absolute Gasteiger partial charge is 0.494 e. The van der Waals surface area contributed by atoms with E-state index in [9.17, 15) is 14.5 Å². The zero-order valence-electron chi connectivity index (χ0n) is 17.4. The zero-order chi connectivity index (χ0) is 21.4. The molecule has 10 heteroatoms. The molecule has 1 aromatic carbocycles. The van der Waals surface area contributed by atoms with Crippen LogP contribution < -0.4 is 15.4 Å². The molecule has 1 fully saturated rings. The van der Waals surface area contributed by atoms with Gasteiger partial charge in [0.25, 0.3) is 11.8 Å². The van der Waals surface area contributed by atoms with Crippen molar-refractivity contribution >= 4 is 31.3 Å². The number of amides is 2. The molecule has 1 aromatic rings. The van der Waals surface area contributed by atoms with Gasteiger partial charge < -0.3 is 20.1 Å². The third-order valence-corrected chi connectivity index (χ3v) is 7.12. The van der Waals surface area contributed by atoms with E-state index in [2.05, 4.69) is 24.8 Å². The first-order valence-corrected chi connectivity index (χ1v) is 13.4. The second-order valence-electron chi connectivity index (χ2n) is 8.70. The average molecular weight is 421 g/mol. The van der Waals surface area contributed by atoms with Gasteiger partial charge in [-0.2, -0.15) is 0 Å². The van der Waals surface area contributed by atoms with Crippen LogP contribution >= 0.6 is 0 Å². The van der Waals surface area contributed by atoms with E-state index in [1.165, 1.54) is 29.0 Å². The maximum absolute atomic E-state index is 13.4. The van der Waals surface area contributed by atoms with Crippen molar-refractivity contribution in [2.24, 2.45) is 10.9 Å². The van der Waals surface area contributed by atoms with E-state index in [0.29, 0.717) is 26.0 Å². The lowest BCUT2D eigenvalue weighted by Crippen LogP contribution is -2.63. The summed E-state index contributed by atoms with van der Waals surface area (Å²) in [5.74, 6) is -0.617. The molecule has 2 aliphatic rings. The lowest BCUT2D eigenvalue weighted by molar-refractivity contribution is -0.128. The Morgan fingerprint density at radius 3 is 2.62 bits per heavy atom. The molecule has 2 aliphatic heterocycles. The Kier molecular flexibility index (Phi) is 5.79. The maximum Gasteiger partial charge on any atom is 0.269 e. The summed E-state index contributed by atoms with van der Waals surface area (Å²) in [5.41, 5.74) is 5.52. The monoisotopic (exact) mass is 420 g/mol. The van der Waals surface area contributed by atoms with Crippen LogP contribution in [0.3, 0.4) is 0 Å². The molecule has 29 heavy (non-hydrogen) atoms. The number of carbonyl (C=O) groups excluding carboxylic acids is 2. The van der Waals surface area contributed by atoms with Crippen molar-refractivity contribution in [3.8, 4) is 5.75 Å². The SMILES string of the molecule is COc1cc2c(cc1N=O)N(COCC[Si](C)(C)C)C(=O)[C@]1(N)CCCN1C2=O. The highest BCUT2D eigenvalue weighted by Crippen LogP contribution is 2.41. The van der Waals surface area contributed by atoms with Gasteiger partial charge in [0.2, 0.25) is 0 Å². The molecule has 0 bridgehead atoms. The van der Waals surface area contributed by atoms with Crippen LogP contribution in [-0.2, 0) is 9.53 Å². The Hall–Kier alpha value is -2.30. The van der Waals surface area contributed by atoms with Crippen molar-refractivity contribution in [2.75, 3.05) is 31.9 Å². The highest BCUT2D eigenvalue weighted by molar-refractivity contribution is 6.76. The number of nitrogens with two attached hydrogens (primary N) is 1. The van der Waals surface area contributed by atoms with Gasteiger partial charge in [-0.25, -0.2) is 0 Å². The summed E-state index contributed by atoms with van der Waals surface area (Å²) < 4.78 is 11.0. The molecule has 0 aromatic heterocycles. The van der Waals surface area contributed by atoms with Gasteiger partial charge in [0.15, 0.2) is 11.4 Å². The van der Waals surface area contributed by atoms with Crippen molar-refractivity contribution in [1.29, 1.82) is 0 Å². The zero-order valence-corrected chi connectivity index (χ0v) is 18.4. The molecule has 0 unspecified atom stereocenters. The van der Waals surface area contributed by atoms with Crippen LogP contribution in [0.1, 0.15) is 23.2 Å². The van der Waals surface area contributed by atoms with Crippen LogP contribution in [0.25, 0.3) is 0 Å². The topological polar surface area (TPSA) is 115 Å². The predicted octanol–water partition coefficient (Wildman–Crippen LogP) is 2.64. The highest BCUT2D eigenvalue weighted by Gasteiger charge is 2.52. The van der Waals surface area contributed by atoms with Gasteiger partial charge in [0.05, 0.1) is 18.4 Å². The Labute approximate surface area is 171 Å². The van der Waals surface area contributed by atoms with E-state index in [1.807, 2.05) is 0 Å². The van der Waals surface area contributed by atoms with Crippen LogP contribution in [0.5, 0.6) is 5.75 Å². The Bertz CT molecular complexity index is 841. The molecular formula is C19H28N4O5Si. The summed E-state index contributed by atoms with van der Waals surface area (Å²) in [6.07, 6.45) is 1.01. The second kappa shape index (κ2) is 7.85. The fourth-order valence-corrected chi connectivity index (χ4v) is 4.44. The van der Waals surface area contributed by atoms with Gasteiger partial charge in [-0.05, 0) is 36.2 Å². The normalized spacial score (nSPS) is 21.7. The first-order valence-electron chi connectivity index (χ1n) is 9.68. The number of hydrogen-bond acceptors (Lipinski definition) is 7. The maximum atomic E-state index is 13.4. The quantitative estimate of drug-likeness (QED) is 0.412. The molecule has 2 heterocycles. The molecule has 3 rings (SSSR count). The number of hydrogen-bond donors (Lipinski definition) is 1. The summed E-state index contributed by atoms with van der Waals surface area (Å²) >= 11 is 0. The molecular weight excluding hydrogens is 392 g/mol. The van der Waals surface area contributed by atoms with Gasteiger partial charge in [-0.3, -0.25) is 14.5 Å². The molecule has 1 atom stereocenters. The van der Waals surface area contributed by atoms with E-state index in [4.69, 9.17) is 15.2 Å². The number of anilines is 1. The minimum Gasteiger partial charge on any atom is -0.494 e. The predicted molar refractivity (Wildman–Crippen MR) is 112 cm³/mol. The summed E-state index contributed by atoms with van der Waals surface area (Å²) in [5, 5.41) is 2.98. The minimum absolute atomic E-state index is 0.00656. The van der Waals surface area contributed by atoms with Crippen LogP contribution in [0.15, 0.2) is 17.3 Å². The number of benzene rings is 1. The van der Waals surface area contributed by atoms with Gasteiger partial charge in [-0.15, -0.1) is 4.91 Å². The number of ether oxygens (including phenoxy) is 2. The molecule has 9 nitrogen and oxygen atoms in total. The molecule has 1 saturated heterocycles. The third kappa shape index (κ3) is 3.92. The molecule has 2 amide bonds. The summed E-state index contributed by atoms with van der Waals surface area (Å²) in [6, 6.07) is 3.77. The Morgan fingerprint density at radius 2 is 2.00 bits per heavy atom. The number of methoxy groups -OCH3 is 1. The smallest absolute Gasteiger partial charge is 0.269 e. The van der Waals surface area contributed by atoms with Crippen molar-refractivity contribution < 1.29 is 19.1 Å². The lowest BCUT2D eigenvalue weighted by atomic mass is 10.1. The number of fused-ring (bicyclic) bond motifs is 2. The van der Waals surface area contributed by atoms with E-state index in [-0.39, 0.29) is 35.3 Å². The highest BCUT2D eigenvalue weighted by atomic mass is 28.3. The fourth-order valence-electron chi connectivity index (χ4n) is 3.68. The standard InChI is InChI=1S/C19H28N4O5Si/c1-27-16-10-13-15(11-14(16)21-26)22(12-28-8-9-29(2,3)4)18(25)19(20)6-5-7-23(19)17(13)24/h10-11H,5-9,12,20H2,1-4H3/t19-/m0/s1. The van der Waals surface area contributed by atoms with Crippen molar-refractivity contribution in [3.63, 3.8) is 0 Å². The third-order valence-electron chi connectivity index (χ3n) is 5.42. The van der Waals surface area contributed by atoms with Gasteiger partial charge in [0, 0.05) is 21.2 Å². The van der Waals surface area contributed by atoms with E-state index < -0.39 is 19.6 Å². The van der Waals surface area contributed by atoms with Crippen molar-refractivity contribution in [3.05, 3.63) is 22.6 Å². The van der Waals surface area contributed by atoms with Crippen molar-refractivity contribution in [1.82, 2.24) is 4.90 Å². The summed E-state index contributed by atoms with van der Waals surface area (Å²) in [4.78, 5) is 40.7. The molecule has 0 spiro atoms. The van der Waals surface area contributed by atoms with E-state index in [0.717, 1.165) is 6.04 Å². The van der Waals surface area contributed by atoms with Crippen LogP contribution in [0.2, 0.25) is 25.7 Å². The van der Waals surface area contributed by atoms with Gasteiger partial charge in [0.1, 0.15) is 12.5 Å². The average Bonchev–Trinajstić information content (AvgIpc) is 3.05. The molecule has 0 aliphatic carbocycles. The number of rotatable bonds is 7. The van der Waals surface area contributed by atoms with Crippen LogP contribution in [-0.4, -0.2) is 57.4 Å². The minimum atomic E-state index is -1.43. The number of nitroso groups, excluding NO2 is 1. The summed E-state index contributed by atoms with van der Waals surface area (Å²) in [6.45, 7) is 7.55. The molecule has 158 valence electrons. The number of nitrogens with zero attached hydrogens (tertiary/aromatic N) is 3. The van der Waals surface area contributed by atoms with Crippen molar-refractivity contribution in [2.45, 2.75) is 44.2 Å². The Morgan fingerprint density at radius 1 is 1.28 bits per heavy atom. The first-order chi connectivity index (χ1) is 13.6. The first kappa shape index (κ1) is 21.4. The molecule has 2 N–H and O–H groups in total. The molecule has 0 radical (unpaired) electrons. The fraction of sp³-hybridized carbons (Fsp3) is 0.579. The Balaban J connectivity index is 2.03.